The maximum absolute atomic E-state index is 11.8. The highest BCUT2D eigenvalue weighted by atomic mass is 35.5. The third kappa shape index (κ3) is 6.74. The molecule has 0 radical (unpaired) electrons. The topological polar surface area (TPSA) is 44.8 Å². The van der Waals surface area contributed by atoms with Gasteiger partial charge in [-0.2, -0.15) is 0 Å². The van der Waals surface area contributed by atoms with Crippen molar-refractivity contribution in [3.05, 3.63) is 28.2 Å². The molecule has 2 fully saturated rings. The highest BCUT2D eigenvalue weighted by Gasteiger charge is 2.24. The first kappa shape index (κ1) is 22.7. The smallest absolute Gasteiger partial charge is 0.246 e. The average molecular weight is 442 g/mol. The van der Waals surface area contributed by atoms with Gasteiger partial charge in [-0.05, 0) is 63.6 Å². The first-order valence-electron chi connectivity index (χ1n) is 10.8. The van der Waals surface area contributed by atoms with Gasteiger partial charge in [0.05, 0.1) is 15.7 Å². The molecule has 1 heterocycles. The molecule has 7 heteroatoms. The van der Waals surface area contributed by atoms with Gasteiger partial charge in [0.2, 0.25) is 5.91 Å². The fourth-order valence-corrected chi connectivity index (χ4v) is 4.79. The Morgan fingerprint density at radius 3 is 2.55 bits per heavy atom. The van der Waals surface area contributed by atoms with Gasteiger partial charge in [0, 0.05) is 38.8 Å². The van der Waals surface area contributed by atoms with Crippen LogP contribution in [-0.2, 0) is 9.53 Å². The van der Waals surface area contributed by atoms with Crippen LogP contribution in [0.2, 0.25) is 10.0 Å². The van der Waals surface area contributed by atoms with Crippen molar-refractivity contribution >= 4 is 34.8 Å². The number of ether oxygens (including phenoxy) is 1. The Morgan fingerprint density at radius 1 is 1.14 bits per heavy atom. The molecular weight excluding hydrogens is 409 g/mol. The Hall–Kier alpha value is -1.01. The summed E-state index contributed by atoms with van der Waals surface area (Å²) >= 11 is 12.5. The Morgan fingerprint density at radius 2 is 1.86 bits per heavy atom. The molecule has 1 aliphatic carbocycles. The molecule has 0 atom stereocenters. The number of anilines is 1. The molecule has 1 aromatic rings. The molecule has 3 rings (SSSR count). The van der Waals surface area contributed by atoms with Crippen LogP contribution in [0.5, 0.6) is 0 Å². The summed E-state index contributed by atoms with van der Waals surface area (Å²) in [6.45, 7) is 7.92. The zero-order chi connectivity index (χ0) is 20.6. The van der Waals surface area contributed by atoms with Gasteiger partial charge in [0.1, 0.15) is 6.61 Å². The Bertz CT molecular complexity index is 657. The van der Waals surface area contributed by atoms with E-state index in [0.29, 0.717) is 22.7 Å². The van der Waals surface area contributed by atoms with E-state index in [-0.39, 0.29) is 12.5 Å². The summed E-state index contributed by atoms with van der Waals surface area (Å²) in [6, 6.07) is 6.18. The Balaban J connectivity index is 1.33. The zero-order valence-corrected chi connectivity index (χ0v) is 18.9. The van der Waals surface area contributed by atoms with Crippen LogP contribution in [0.25, 0.3) is 0 Å². The monoisotopic (exact) mass is 441 g/mol. The van der Waals surface area contributed by atoms with Crippen molar-refractivity contribution in [2.24, 2.45) is 5.92 Å². The van der Waals surface area contributed by atoms with E-state index in [0.717, 1.165) is 57.2 Å². The number of carbonyl (C=O) groups is 1. The Kier molecular flexibility index (Phi) is 8.91. The number of piperazine rings is 1. The molecule has 1 N–H and O–H groups in total. The van der Waals surface area contributed by atoms with Crippen LogP contribution in [0.1, 0.15) is 39.0 Å². The molecule has 1 aromatic carbocycles. The first-order valence-corrected chi connectivity index (χ1v) is 11.6. The summed E-state index contributed by atoms with van der Waals surface area (Å²) in [5.74, 6) is 0.795. The lowest BCUT2D eigenvalue weighted by Gasteiger charge is -2.37. The molecular formula is C22H33Cl2N3O2. The number of nitrogens with one attached hydrogen (secondary N) is 1. The van der Waals surface area contributed by atoms with Crippen LogP contribution in [0.15, 0.2) is 18.2 Å². The van der Waals surface area contributed by atoms with Crippen LogP contribution in [0.4, 0.5) is 5.69 Å². The molecule has 1 saturated carbocycles. The number of nitrogens with zero attached hydrogens (tertiary/aromatic N) is 2. The lowest BCUT2D eigenvalue weighted by atomic mass is 9.84. The van der Waals surface area contributed by atoms with Gasteiger partial charge in [-0.25, -0.2) is 0 Å². The molecule has 0 spiro atoms. The van der Waals surface area contributed by atoms with Crippen LogP contribution in [0.3, 0.4) is 0 Å². The van der Waals surface area contributed by atoms with Crippen molar-refractivity contribution < 1.29 is 9.53 Å². The first-order chi connectivity index (χ1) is 14.1. The number of hydrogen-bond acceptors (Lipinski definition) is 4. The van der Waals surface area contributed by atoms with Gasteiger partial charge in [-0.15, -0.1) is 0 Å². The quantitative estimate of drug-likeness (QED) is 0.655. The summed E-state index contributed by atoms with van der Waals surface area (Å²) in [5.41, 5.74) is 1.04. The van der Waals surface area contributed by atoms with Gasteiger partial charge >= 0.3 is 0 Å². The maximum atomic E-state index is 11.8. The van der Waals surface area contributed by atoms with E-state index in [1.54, 1.807) is 0 Å². The minimum atomic E-state index is 0.0213. The van der Waals surface area contributed by atoms with Gasteiger partial charge in [-0.1, -0.05) is 29.3 Å². The standard InChI is InChI=1S/C22H33Cl2N3O2/c1-2-29-16-21(28)25-18-8-6-17(7-9-18)10-11-26-12-14-27(15-13-26)20-5-3-4-19(23)22(20)24/h3-5,17-18H,2,6-16H2,1H3,(H,25,28)/t17-,18-. The van der Waals surface area contributed by atoms with Crippen molar-refractivity contribution in [1.82, 2.24) is 10.2 Å². The molecule has 0 unspecified atom stereocenters. The second-order valence-corrected chi connectivity index (χ2v) is 8.90. The summed E-state index contributed by atoms with van der Waals surface area (Å²) in [7, 11) is 0. The predicted molar refractivity (Wildman–Crippen MR) is 120 cm³/mol. The van der Waals surface area contributed by atoms with E-state index < -0.39 is 0 Å². The number of hydrogen-bond donors (Lipinski definition) is 1. The fourth-order valence-electron chi connectivity index (χ4n) is 4.37. The van der Waals surface area contributed by atoms with Crippen molar-refractivity contribution in [1.29, 1.82) is 0 Å². The normalized spacial score (nSPS) is 23.2. The molecule has 29 heavy (non-hydrogen) atoms. The molecule has 5 nitrogen and oxygen atoms in total. The second-order valence-electron chi connectivity index (χ2n) is 8.11. The second kappa shape index (κ2) is 11.4. The summed E-state index contributed by atoms with van der Waals surface area (Å²) in [5, 5.41) is 4.39. The molecule has 0 bridgehead atoms. The maximum Gasteiger partial charge on any atom is 0.246 e. The van der Waals surface area contributed by atoms with Gasteiger partial charge in [0.25, 0.3) is 0 Å². The van der Waals surface area contributed by atoms with Crippen LogP contribution in [0, 0.1) is 5.92 Å². The van der Waals surface area contributed by atoms with Gasteiger partial charge < -0.3 is 15.0 Å². The van der Waals surface area contributed by atoms with Crippen molar-refractivity contribution in [2.75, 3.05) is 50.8 Å². The fraction of sp³-hybridized carbons (Fsp3) is 0.682. The zero-order valence-electron chi connectivity index (χ0n) is 17.3. The Labute approximate surface area is 184 Å². The predicted octanol–water partition coefficient (Wildman–Crippen LogP) is 4.22. The average Bonchev–Trinajstić information content (AvgIpc) is 2.74. The van der Waals surface area contributed by atoms with Crippen molar-refractivity contribution in [3.63, 3.8) is 0 Å². The van der Waals surface area contributed by atoms with Crippen LogP contribution < -0.4 is 10.2 Å². The number of rotatable bonds is 8. The summed E-state index contributed by atoms with van der Waals surface area (Å²) in [6.07, 6.45) is 5.83. The SMILES string of the molecule is CCOCC(=O)N[C@H]1CC[C@H](CCN2CCN(c3cccc(Cl)c3Cl)CC2)CC1. The van der Waals surface area contributed by atoms with Crippen molar-refractivity contribution in [2.45, 2.75) is 45.1 Å². The van der Waals surface area contributed by atoms with E-state index in [2.05, 4.69) is 21.2 Å². The number of benzene rings is 1. The van der Waals surface area contributed by atoms with Gasteiger partial charge in [0.15, 0.2) is 0 Å². The largest absolute Gasteiger partial charge is 0.372 e. The summed E-state index contributed by atoms with van der Waals surface area (Å²) in [4.78, 5) is 16.7. The third-order valence-electron chi connectivity index (χ3n) is 6.15. The minimum Gasteiger partial charge on any atom is -0.372 e. The number of amides is 1. The molecule has 2 aliphatic rings. The van der Waals surface area contributed by atoms with Crippen LogP contribution >= 0.6 is 23.2 Å². The highest BCUT2D eigenvalue weighted by Crippen LogP contribution is 2.33. The van der Waals surface area contributed by atoms with E-state index in [1.807, 2.05) is 19.1 Å². The van der Waals surface area contributed by atoms with E-state index in [4.69, 9.17) is 27.9 Å². The van der Waals surface area contributed by atoms with Crippen LogP contribution in [-0.4, -0.2) is 62.8 Å². The minimum absolute atomic E-state index is 0.0213. The number of halogens is 2. The van der Waals surface area contributed by atoms with E-state index in [9.17, 15) is 4.79 Å². The molecule has 1 amide bonds. The molecule has 162 valence electrons. The van der Waals surface area contributed by atoms with Gasteiger partial charge in [-0.3, -0.25) is 9.69 Å². The summed E-state index contributed by atoms with van der Waals surface area (Å²) < 4.78 is 5.18. The molecule has 1 saturated heterocycles. The van der Waals surface area contributed by atoms with E-state index in [1.165, 1.54) is 19.3 Å². The molecule has 0 aromatic heterocycles. The number of carbonyl (C=O) groups excluding carboxylic acids is 1. The van der Waals surface area contributed by atoms with E-state index >= 15 is 0 Å². The lowest BCUT2D eigenvalue weighted by Crippen LogP contribution is -2.47. The van der Waals surface area contributed by atoms with Crippen molar-refractivity contribution in [3.8, 4) is 0 Å². The lowest BCUT2D eigenvalue weighted by molar-refractivity contribution is -0.126. The highest BCUT2D eigenvalue weighted by molar-refractivity contribution is 6.43. The molecule has 1 aliphatic heterocycles. The third-order valence-corrected chi connectivity index (χ3v) is 6.96.